The van der Waals surface area contributed by atoms with Crippen LogP contribution in [0.2, 0.25) is 0 Å². The summed E-state index contributed by atoms with van der Waals surface area (Å²) in [6.45, 7) is 7.82. The number of allylic oxidation sites excluding steroid dienone is 8. The monoisotopic (exact) mass is 976 g/mol. The number of hydrogen-bond acceptors (Lipinski definition) is 7. The van der Waals surface area contributed by atoms with Crippen LogP contribution in [0.25, 0.3) is 0 Å². The first-order valence-corrected chi connectivity index (χ1v) is 22.2. The second kappa shape index (κ2) is 17.0. The molecule has 2 heterocycles. The van der Waals surface area contributed by atoms with Gasteiger partial charge in [-0.05, 0) is 116 Å². The van der Waals surface area contributed by atoms with Crippen molar-refractivity contribution in [2.24, 2.45) is 0 Å². The number of hydrogen-bond donors (Lipinski definition) is 2. The zero-order valence-corrected chi connectivity index (χ0v) is 35.9. The summed E-state index contributed by atoms with van der Waals surface area (Å²) in [4.78, 5) is 12.8. The number of likely N-dealkylation sites (N-methyl/N-ethyl adjacent to an activating group) is 1. The van der Waals surface area contributed by atoms with E-state index < -0.39 is 41.9 Å². The predicted molar refractivity (Wildman–Crippen MR) is 221 cm³/mol. The van der Waals surface area contributed by atoms with Crippen LogP contribution in [0.4, 0.5) is 11.4 Å². The summed E-state index contributed by atoms with van der Waals surface area (Å²) in [5.74, 6) is -0.774. The second-order valence-corrected chi connectivity index (χ2v) is 19.3. The van der Waals surface area contributed by atoms with Gasteiger partial charge in [-0.15, -0.1) is 0 Å². The molecule has 10 nitrogen and oxygen atoms in total. The van der Waals surface area contributed by atoms with Crippen LogP contribution < -0.4 is 4.90 Å². The Balaban J connectivity index is 1.66. The molecule has 0 saturated heterocycles. The molecule has 2 aliphatic heterocycles. The van der Waals surface area contributed by atoms with E-state index in [2.05, 4.69) is 82.3 Å². The van der Waals surface area contributed by atoms with E-state index in [1.54, 1.807) is 22.8 Å². The molecule has 2 atom stereocenters. The Morgan fingerprint density at radius 1 is 0.981 bits per heavy atom. The lowest BCUT2D eigenvalue weighted by Crippen LogP contribution is -2.36. The smallest absolute Gasteiger partial charge is 0.329 e. The van der Waals surface area contributed by atoms with E-state index in [4.69, 9.17) is 5.11 Å². The Morgan fingerprint density at radius 2 is 1.65 bits per heavy atom. The molecule has 4 rings (SSSR count). The zero-order valence-electron chi connectivity index (χ0n) is 30.0. The fraction of sp³-hybridized carbons (Fsp3) is 0.421. The molecule has 2 aromatic carbocycles. The molecule has 14 heteroatoms. The number of nitrogens with zero attached hydrogens (tertiary/aromatic N) is 2. The summed E-state index contributed by atoms with van der Waals surface area (Å²) >= 11 is 4.74. The molecule has 0 aliphatic carbocycles. The summed E-state index contributed by atoms with van der Waals surface area (Å²) in [7, 11) is -7.25. The van der Waals surface area contributed by atoms with Gasteiger partial charge in [0, 0.05) is 67.1 Å². The standard InChI is InChI=1S/C38H46I2N2O8S2/c1-6-7-18-34(52(48,49)50)42-30-21-20-27(51(45,46)47)25-28(30)37(2,3)32(42)16-12-9-8-10-13-17-33-38(4,22-15-11-14-19-35(43)44)36-29(40)23-26(39)24-31(36)41(33)5/h8-10,12-13,16-17,20-21,23-25,34H,6-7,11,14-15,18-19,22H2,1-5H3,(H2-,43,44,45,46,47,48,49,50). The molecule has 0 aromatic heterocycles. The second-order valence-electron chi connectivity index (χ2n) is 13.9. The van der Waals surface area contributed by atoms with E-state index in [9.17, 15) is 30.7 Å². The van der Waals surface area contributed by atoms with Crippen LogP contribution in [0.5, 0.6) is 0 Å². The minimum Gasteiger partial charge on any atom is -0.744 e. The highest BCUT2D eigenvalue weighted by molar-refractivity contribution is 14.1. The van der Waals surface area contributed by atoms with Gasteiger partial charge in [0.15, 0.2) is 5.71 Å². The number of carboxylic acid groups (broad SMARTS) is 1. The number of halogens is 2. The molecular formula is C38H46I2N2O8S2. The SMILES string of the molecule is CCCCC([N+]1=C(C=CC=CC=CC=C2N(C)c3cc(I)cc(I)c3C2(C)CCCCCC(=O)O)C(C)(C)c2cc(S(=O)(=O)[O-])ccc21)S(=O)(=O)O. The number of carboxylic acids is 1. The number of rotatable bonds is 16. The summed E-state index contributed by atoms with van der Waals surface area (Å²) < 4.78 is 75.4. The maximum absolute atomic E-state index is 12.7. The van der Waals surface area contributed by atoms with Gasteiger partial charge in [0.05, 0.1) is 10.3 Å². The summed E-state index contributed by atoms with van der Waals surface area (Å²) in [6, 6.07) is 8.27. The van der Waals surface area contributed by atoms with Gasteiger partial charge in [0.2, 0.25) is 5.69 Å². The molecule has 0 spiro atoms. The Morgan fingerprint density at radius 3 is 2.29 bits per heavy atom. The quantitative estimate of drug-likeness (QED) is 0.0554. The Labute approximate surface area is 335 Å². The van der Waals surface area contributed by atoms with Crippen LogP contribution in [-0.4, -0.2) is 59.7 Å². The van der Waals surface area contributed by atoms with E-state index >= 15 is 0 Å². The third-order valence-electron chi connectivity index (χ3n) is 9.92. The highest BCUT2D eigenvalue weighted by atomic mass is 127. The van der Waals surface area contributed by atoms with Crippen molar-refractivity contribution in [3.05, 3.63) is 96.8 Å². The molecule has 0 saturated carbocycles. The fourth-order valence-corrected chi connectivity index (χ4v) is 11.2. The molecule has 2 aliphatic rings. The highest BCUT2D eigenvalue weighted by Crippen LogP contribution is 2.52. The van der Waals surface area contributed by atoms with Gasteiger partial charge < -0.3 is 14.6 Å². The van der Waals surface area contributed by atoms with E-state index in [0.717, 1.165) is 34.2 Å². The van der Waals surface area contributed by atoms with E-state index in [1.165, 1.54) is 27.3 Å². The van der Waals surface area contributed by atoms with Crippen molar-refractivity contribution in [1.29, 1.82) is 0 Å². The topological polar surface area (TPSA) is 155 Å². The van der Waals surface area contributed by atoms with E-state index in [-0.39, 0.29) is 18.3 Å². The fourth-order valence-electron chi connectivity index (χ4n) is 7.30. The van der Waals surface area contributed by atoms with Crippen molar-refractivity contribution in [3.8, 4) is 0 Å². The van der Waals surface area contributed by atoms with Crippen molar-refractivity contribution in [2.45, 2.75) is 100 Å². The Kier molecular flexibility index (Phi) is 13.8. The van der Waals surface area contributed by atoms with Crippen LogP contribution in [-0.2, 0) is 35.9 Å². The Bertz CT molecular complexity index is 2090. The van der Waals surface area contributed by atoms with Gasteiger partial charge in [-0.25, -0.2) is 8.42 Å². The number of benzene rings is 2. The molecule has 282 valence electrons. The van der Waals surface area contributed by atoms with Crippen molar-refractivity contribution in [3.63, 3.8) is 0 Å². The molecular weight excluding hydrogens is 930 g/mol. The van der Waals surface area contributed by atoms with Gasteiger partial charge in [-0.3, -0.25) is 9.35 Å². The van der Waals surface area contributed by atoms with Crippen LogP contribution in [0.3, 0.4) is 0 Å². The van der Waals surface area contributed by atoms with Crippen molar-refractivity contribution in [2.75, 3.05) is 11.9 Å². The molecule has 2 N–H and O–H groups in total. The number of anilines is 1. The minimum absolute atomic E-state index is 0.148. The third kappa shape index (κ3) is 9.28. The minimum atomic E-state index is -4.76. The van der Waals surface area contributed by atoms with Gasteiger partial charge in [-0.2, -0.15) is 13.0 Å². The zero-order chi connectivity index (χ0) is 38.6. The number of aliphatic carboxylic acids is 1. The largest absolute Gasteiger partial charge is 0.744 e. The summed E-state index contributed by atoms with van der Waals surface area (Å²) in [5.41, 5.74) is 3.83. The number of carbonyl (C=O) groups is 1. The average molecular weight is 977 g/mol. The lowest BCUT2D eigenvalue weighted by Gasteiger charge is -2.29. The Hall–Kier alpha value is -2.38. The summed E-state index contributed by atoms with van der Waals surface area (Å²) in [6.07, 6.45) is 18.0. The number of fused-ring (bicyclic) bond motifs is 2. The number of unbranched alkanes of at least 4 members (excludes halogenated alkanes) is 3. The van der Waals surface area contributed by atoms with Gasteiger partial charge in [0.25, 0.3) is 5.37 Å². The molecule has 0 radical (unpaired) electrons. The predicted octanol–water partition coefficient (Wildman–Crippen LogP) is 8.58. The van der Waals surface area contributed by atoms with Crippen LogP contribution in [0, 0.1) is 7.14 Å². The van der Waals surface area contributed by atoms with Crippen molar-refractivity contribution >= 4 is 88.5 Å². The summed E-state index contributed by atoms with van der Waals surface area (Å²) in [5, 5.41) is 7.76. The van der Waals surface area contributed by atoms with Gasteiger partial charge >= 0.3 is 16.1 Å². The van der Waals surface area contributed by atoms with Crippen molar-refractivity contribution in [1.82, 2.24) is 0 Å². The third-order valence-corrected chi connectivity index (χ3v) is 13.4. The molecule has 0 fully saturated rings. The maximum Gasteiger partial charge on any atom is 0.329 e. The lowest BCUT2D eigenvalue weighted by molar-refractivity contribution is -0.458. The normalized spacial score (nSPS) is 20.2. The first kappa shape index (κ1) is 42.4. The molecule has 2 aromatic rings. The first-order chi connectivity index (χ1) is 24.2. The van der Waals surface area contributed by atoms with Gasteiger partial charge in [-0.1, -0.05) is 56.6 Å². The average Bonchev–Trinajstić information content (AvgIpc) is 3.38. The van der Waals surface area contributed by atoms with Gasteiger partial charge in [0.1, 0.15) is 10.1 Å². The van der Waals surface area contributed by atoms with E-state index in [1.807, 2.05) is 39.0 Å². The highest BCUT2D eigenvalue weighted by Gasteiger charge is 2.50. The van der Waals surface area contributed by atoms with Crippen LogP contribution in [0.1, 0.15) is 90.2 Å². The first-order valence-electron chi connectivity index (χ1n) is 17.2. The van der Waals surface area contributed by atoms with Crippen LogP contribution >= 0.6 is 45.2 Å². The van der Waals surface area contributed by atoms with Crippen LogP contribution in [0.15, 0.2) is 83.5 Å². The molecule has 0 amide bonds. The molecule has 2 unspecified atom stereocenters. The molecule has 52 heavy (non-hydrogen) atoms. The molecule has 0 bridgehead atoms. The lowest BCUT2D eigenvalue weighted by atomic mass is 9.77. The van der Waals surface area contributed by atoms with E-state index in [0.29, 0.717) is 36.2 Å². The maximum atomic E-state index is 12.7. The van der Waals surface area contributed by atoms with Crippen molar-refractivity contribution < 1.29 is 40.4 Å².